The molecule has 1 saturated heterocycles. The van der Waals surface area contributed by atoms with Crippen LogP contribution in [0.2, 0.25) is 0 Å². The molecule has 3 N–H and O–H groups in total. The molecule has 0 aliphatic carbocycles. The highest BCUT2D eigenvalue weighted by atomic mass is 16.5. The number of benzene rings is 3. The molecular weight excluding hydrogens is 494 g/mol. The summed E-state index contributed by atoms with van der Waals surface area (Å²) < 4.78 is 5.69. The first-order valence-electron chi connectivity index (χ1n) is 13.1. The zero-order valence-electron chi connectivity index (χ0n) is 22.5. The molecule has 0 saturated carbocycles. The summed E-state index contributed by atoms with van der Waals surface area (Å²) in [6.07, 6.45) is -0.0601. The predicted molar refractivity (Wildman–Crippen MR) is 151 cm³/mol. The van der Waals surface area contributed by atoms with Crippen molar-refractivity contribution >= 4 is 29.2 Å². The van der Waals surface area contributed by atoms with Gasteiger partial charge in [-0.1, -0.05) is 60.2 Å². The van der Waals surface area contributed by atoms with Crippen LogP contribution in [0.5, 0.6) is 0 Å². The summed E-state index contributed by atoms with van der Waals surface area (Å²) in [5.41, 5.74) is 4.28. The number of aliphatic carboxylic acids is 1. The van der Waals surface area contributed by atoms with Crippen molar-refractivity contribution in [3.8, 4) is 0 Å². The maximum atomic E-state index is 13.4. The van der Waals surface area contributed by atoms with Crippen molar-refractivity contribution in [3.63, 3.8) is 0 Å². The molecule has 0 bridgehead atoms. The Kier molecular flexibility index (Phi) is 8.99. The van der Waals surface area contributed by atoms with E-state index in [0.717, 1.165) is 16.8 Å². The number of hydrogen-bond donors (Lipinski definition) is 3. The van der Waals surface area contributed by atoms with Crippen LogP contribution >= 0.6 is 0 Å². The molecule has 1 aliphatic heterocycles. The van der Waals surface area contributed by atoms with Crippen LogP contribution in [0.25, 0.3) is 0 Å². The summed E-state index contributed by atoms with van der Waals surface area (Å²) in [6, 6.07) is 21.5. The molecular formula is C31H35N3O5. The molecule has 2 amide bonds. The van der Waals surface area contributed by atoms with Crippen LogP contribution in [0.15, 0.2) is 72.8 Å². The van der Waals surface area contributed by atoms with Gasteiger partial charge in [0.1, 0.15) is 0 Å². The van der Waals surface area contributed by atoms with Crippen molar-refractivity contribution in [2.75, 3.05) is 23.4 Å². The number of carbonyl (C=O) groups excluding carboxylic acids is 2. The molecule has 204 valence electrons. The third-order valence-electron chi connectivity index (χ3n) is 6.85. The van der Waals surface area contributed by atoms with Crippen LogP contribution in [0.1, 0.15) is 53.4 Å². The maximum Gasteiger partial charge on any atom is 0.305 e. The van der Waals surface area contributed by atoms with Crippen molar-refractivity contribution in [2.24, 2.45) is 0 Å². The fourth-order valence-electron chi connectivity index (χ4n) is 4.92. The number of aryl methyl sites for hydroxylation is 1. The number of nitrogens with one attached hydrogen (secondary N) is 2. The van der Waals surface area contributed by atoms with E-state index >= 15 is 0 Å². The third-order valence-corrected chi connectivity index (χ3v) is 6.85. The molecule has 3 unspecified atom stereocenters. The summed E-state index contributed by atoms with van der Waals surface area (Å²) >= 11 is 0. The Bertz CT molecular complexity index is 1300. The summed E-state index contributed by atoms with van der Waals surface area (Å²) in [7, 11) is 0. The molecule has 1 heterocycles. The minimum Gasteiger partial charge on any atom is -0.481 e. The van der Waals surface area contributed by atoms with Gasteiger partial charge in [0.05, 0.1) is 43.5 Å². The lowest BCUT2D eigenvalue weighted by atomic mass is 10.0. The van der Waals surface area contributed by atoms with Crippen molar-refractivity contribution in [1.82, 2.24) is 5.32 Å². The Morgan fingerprint density at radius 3 is 2.28 bits per heavy atom. The summed E-state index contributed by atoms with van der Waals surface area (Å²) in [5, 5.41) is 15.4. The molecule has 1 aliphatic rings. The van der Waals surface area contributed by atoms with Gasteiger partial charge in [-0.2, -0.15) is 0 Å². The predicted octanol–water partition coefficient (Wildman–Crippen LogP) is 4.74. The zero-order chi connectivity index (χ0) is 27.9. The molecule has 39 heavy (non-hydrogen) atoms. The van der Waals surface area contributed by atoms with Gasteiger partial charge in [-0.15, -0.1) is 0 Å². The van der Waals surface area contributed by atoms with Crippen LogP contribution in [0.3, 0.4) is 0 Å². The number of ether oxygens (including phenoxy) is 1. The van der Waals surface area contributed by atoms with Crippen molar-refractivity contribution < 1.29 is 24.2 Å². The molecule has 3 aromatic carbocycles. The van der Waals surface area contributed by atoms with E-state index in [9.17, 15) is 19.5 Å². The Labute approximate surface area is 229 Å². The van der Waals surface area contributed by atoms with Gasteiger partial charge < -0.3 is 25.4 Å². The largest absolute Gasteiger partial charge is 0.481 e. The van der Waals surface area contributed by atoms with Gasteiger partial charge in [0.2, 0.25) is 5.91 Å². The Morgan fingerprint density at radius 2 is 1.64 bits per heavy atom. The summed E-state index contributed by atoms with van der Waals surface area (Å²) in [6.45, 7) is 7.17. The number of hydrogen-bond acceptors (Lipinski definition) is 5. The highest BCUT2D eigenvalue weighted by Gasteiger charge is 2.29. The molecule has 3 aromatic rings. The van der Waals surface area contributed by atoms with Crippen LogP contribution in [-0.4, -0.2) is 48.2 Å². The first-order valence-corrected chi connectivity index (χ1v) is 13.1. The molecule has 0 radical (unpaired) electrons. The Balaban J connectivity index is 1.63. The fraction of sp³-hybridized carbons (Fsp3) is 0.323. The smallest absolute Gasteiger partial charge is 0.305 e. The van der Waals surface area contributed by atoms with E-state index in [4.69, 9.17) is 4.74 Å². The fourth-order valence-corrected chi connectivity index (χ4v) is 4.92. The number of carbonyl (C=O) groups is 3. The number of anilines is 2. The number of rotatable bonds is 9. The third kappa shape index (κ3) is 7.23. The van der Waals surface area contributed by atoms with E-state index in [1.807, 2.05) is 67.6 Å². The summed E-state index contributed by atoms with van der Waals surface area (Å²) in [5.74, 6) is -1.63. The van der Waals surface area contributed by atoms with E-state index in [0.29, 0.717) is 30.0 Å². The highest BCUT2D eigenvalue weighted by molar-refractivity contribution is 6.00. The number of nitrogens with zero attached hydrogens (tertiary/aromatic N) is 1. The second kappa shape index (κ2) is 12.6. The molecule has 1 fully saturated rings. The van der Waals surface area contributed by atoms with Crippen LogP contribution < -0.4 is 15.5 Å². The maximum absolute atomic E-state index is 13.4. The van der Waals surface area contributed by atoms with Gasteiger partial charge >= 0.3 is 5.97 Å². The molecule has 0 aromatic heterocycles. The van der Waals surface area contributed by atoms with Crippen molar-refractivity contribution in [3.05, 3.63) is 95.1 Å². The van der Waals surface area contributed by atoms with Crippen molar-refractivity contribution in [2.45, 2.75) is 51.7 Å². The molecule has 8 heteroatoms. The molecule has 3 atom stereocenters. The number of carboxylic acids is 1. The van der Waals surface area contributed by atoms with E-state index in [1.54, 1.807) is 12.1 Å². The first-order chi connectivity index (χ1) is 18.7. The van der Waals surface area contributed by atoms with E-state index < -0.39 is 17.9 Å². The average Bonchev–Trinajstić information content (AvgIpc) is 2.89. The minimum atomic E-state index is -1.01. The van der Waals surface area contributed by atoms with Gasteiger partial charge in [-0.3, -0.25) is 14.4 Å². The monoisotopic (exact) mass is 529 g/mol. The van der Waals surface area contributed by atoms with Crippen molar-refractivity contribution in [1.29, 1.82) is 0 Å². The van der Waals surface area contributed by atoms with Crippen LogP contribution in [0.4, 0.5) is 11.4 Å². The van der Waals surface area contributed by atoms with Gasteiger partial charge in [0, 0.05) is 17.6 Å². The molecule has 0 spiro atoms. The number of morpholine rings is 1. The van der Waals surface area contributed by atoms with Gasteiger partial charge in [-0.05, 0) is 50.1 Å². The van der Waals surface area contributed by atoms with Gasteiger partial charge in [-0.25, -0.2) is 0 Å². The van der Waals surface area contributed by atoms with Gasteiger partial charge in [0.15, 0.2) is 0 Å². The van der Waals surface area contributed by atoms with Crippen LogP contribution in [-0.2, 0) is 20.7 Å². The quantitative estimate of drug-likeness (QED) is 0.370. The topological polar surface area (TPSA) is 108 Å². The zero-order valence-corrected chi connectivity index (χ0v) is 22.5. The Hall–Kier alpha value is -4.17. The lowest BCUT2D eigenvalue weighted by Gasteiger charge is -2.41. The molecule has 4 rings (SSSR count). The molecule has 8 nitrogen and oxygen atoms in total. The average molecular weight is 530 g/mol. The van der Waals surface area contributed by atoms with Gasteiger partial charge in [0.25, 0.3) is 5.91 Å². The number of carboxylic acid groups (broad SMARTS) is 1. The van der Waals surface area contributed by atoms with E-state index in [-0.39, 0.29) is 30.8 Å². The van der Waals surface area contributed by atoms with Crippen LogP contribution in [0, 0.1) is 6.92 Å². The normalized spacial score (nSPS) is 17.8. The SMILES string of the molecule is Cc1ccc(C(CC(=O)O)NC(=O)c2ccc(N3C(C)COCC3C)c(NC(=O)Cc3ccccc3)c2)cc1. The highest BCUT2D eigenvalue weighted by Crippen LogP contribution is 2.33. The number of amides is 2. The first kappa shape index (κ1) is 27.9. The second-order valence-electron chi connectivity index (χ2n) is 10.1. The second-order valence-corrected chi connectivity index (χ2v) is 10.1. The summed E-state index contributed by atoms with van der Waals surface area (Å²) in [4.78, 5) is 40.2. The minimum absolute atomic E-state index is 0.0692. The lowest BCUT2D eigenvalue weighted by molar-refractivity contribution is -0.137. The lowest BCUT2D eigenvalue weighted by Crippen LogP contribution is -2.50. The standard InChI is InChI=1S/C31H35N3O5/c1-20-9-11-24(12-10-20)26(17-30(36)37)33-31(38)25-13-14-28(34-21(2)18-39-19-22(34)3)27(16-25)32-29(35)15-23-7-5-4-6-8-23/h4-14,16,21-22,26H,15,17-19H2,1-3H3,(H,32,35)(H,33,38)(H,36,37). The van der Waals surface area contributed by atoms with E-state index in [1.165, 1.54) is 0 Å². The van der Waals surface area contributed by atoms with E-state index in [2.05, 4.69) is 29.4 Å². The Morgan fingerprint density at radius 1 is 0.974 bits per heavy atom.